The van der Waals surface area contributed by atoms with Crippen LogP contribution < -0.4 is 9.04 Å². The highest BCUT2D eigenvalue weighted by molar-refractivity contribution is 7.92. The molecule has 0 saturated heterocycles. The van der Waals surface area contributed by atoms with Gasteiger partial charge in [-0.15, -0.1) is 0 Å². The van der Waals surface area contributed by atoms with Crippen LogP contribution in [0, 0.1) is 0 Å². The van der Waals surface area contributed by atoms with Gasteiger partial charge in [0.1, 0.15) is 12.3 Å². The van der Waals surface area contributed by atoms with Crippen molar-refractivity contribution in [2.24, 2.45) is 0 Å². The molecule has 0 saturated carbocycles. The van der Waals surface area contributed by atoms with Crippen LogP contribution in [0.5, 0.6) is 5.75 Å². The minimum Gasteiger partial charge on any atom is -0.497 e. The van der Waals surface area contributed by atoms with Gasteiger partial charge < -0.3 is 9.84 Å². The molecule has 0 radical (unpaired) electrons. The van der Waals surface area contributed by atoms with Crippen LogP contribution in [-0.4, -0.2) is 33.1 Å². The van der Waals surface area contributed by atoms with Crippen LogP contribution in [0.15, 0.2) is 47.4 Å². The van der Waals surface area contributed by atoms with Gasteiger partial charge >= 0.3 is 5.97 Å². The van der Waals surface area contributed by atoms with Gasteiger partial charge in [-0.05, 0) is 42.5 Å². The van der Waals surface area contributed by atoms with Gasteiger partial charge in [0.15, 0.2) is 0 Å². The Hall–Kier alpha value is -1.96. The van der Waals surface area contributed by atoms with Crippen molar-refractivity contribution in [1.29, 1.82) is 0 Å². The molecular weight excluding hydrogens is 377 g/mol. The molecule has 9 heteroatoms. The number of carboxylic acid groups (broad SMARTS) is 1. The first-order valence-corrected chi connectivity index (χ1v) is 8.78. The predicted molar refractivity (Wildman–Crippen MR) is 91.6 cm³/mol. The van der Waals surface area contributed by atoms with E-state index in [0.717, 1.165) is 4.31 Å². The molecule has 6 nitrogen and oxygen atoms in total. The second kappa shape index (κ2) is 7.29. The second-order valence-electron chi connectivity index (χ2n) is 4.71. The summed E-state index contributed by atoms with van der Waals surface area (Å²) in [5, 5.41) is 9.47. The molecule has 24 heavy (non-hydrogen) atoms. The summed E-state index contributed by atoms with van der Waals surface area (Å²) in [5.74, 6) is -0.840. The first-order chi connectivity index (χ1) is 11.2. The third-order valence-electron chi connectivity index (χ3n) is 3.06. The van der Waals surface area contributed by atoms with Crippen molar-refractivity contribution in [2.45, 2.75) is 4.90 Å². The maximum atomic E-state index is 12.8. The fourth-order valence-electron chi connectivity index (χ4n) is 2.00. The highest BCUT2D eigenvalue weighted by Gasteiger charge is 2.27. The van der Waals surface area contributed by atoms with E-state index in [4.69, 9.17) is 33.0 Å². The Labute approximate surface area is 149 Å². The average molecular weight is 390 g/mol. The zero-order chi connectivity index (χ0) is 17.9. The molecule has 2 aromatic rings. The van der Waals surface area contributed by atoms with E-state index < -0.39 is 22.5 Å². The van der Waals surface area contributed by atoms with Crippen LogP contribution in [0.3, 0.4) is 0 Å². The maximum absolute atomic E-state index is 12.8. The molecule has 0 unspecified atom stereocenters. The van der Waals surface area contributed by atoms with Gasteiger partial charge in [-0.3, -0.25) is 9.10 Å². The number of carbonyl (C=O) groups is 1. The van der Waals surface area contributed by atoms with Crippen molar-refractivity contribution < 1.29 is 23.1 Å². The number of rotatable bonds is 6. The van der Waals surface area contributed by atoms with Crippen LogP contribution in [-0.2, 0) is 14.8 Å². The molecule has 2 aromatic carbocycles. The molecule has 1 N–H and O–H groups in total. The standard InChI is InChI=1S/C15H13Cl2NO5S/c1-23-13-2-4-14(5-3-13)24(21,22)18(9-15(19)20)12-7-10(16)6-11(17)8-12/h2-8H,9H2,1H3,(H,19,20). The summed E-state index contributed by atoms with van der Waals surface area (Å²) in [5.41, 5.74) is 0.0609. The number of aliphatic carboxylic acids is 1. The number of nitrogens with zero attached hydrogens (tertiary/aromatic N) is 1. The summed E-state index contributed by atoms with van der Waals surface area (Å²) in [6, 6.07) is 9.68. The molecule has 0 amide bonds. The van der Waals surface area contributed by atoms with Crippen molar-refractivity contribution in [3.63, 3.8) is 0 Å². The van der Waals surface area contributed by atoms with Crippen molar-refractivity contribution in [3.05, 3.63) is 52.5 Å². The Bertz CT molecular complexity index is 832. The minimum absolute atomic E-state index is 0.0609. The molecule has 0 heterocycles. The van der Waals surface area contributed by atoms with E-state index in [0.29, 0.717) is 5.75 Å². The second-order valence-corrected chi connectivity index (χ2v) is 7.44. The monoisotopic (exact) mass is 389 g/mol. The fourth-order valence-corrected chi connectivity index (χ4v) is 3.91. The molecule has 0 fully saturated rings. The van der Waals surface area contributed by atoms with E-state index in [1.807, 2.05) is 0 Å². The van der Waals surface area contributed by atoms with Crippen molar-refractivity contribution in [2.75, 3.05) is 18.0 Å². The molecular formula is C15H13Cl2NO5S. The first-order valence-electron chi connectivity index (χ1n) is 6.58. The van der Waals surface area contributed by atoms with E-state index in [2.05, 4.69) is 0 Å². The van der Waals surface area contributed by atoms with E-state index in [1.54, 1.807) is 0 Å². The quantitative estimate of drug-likeness (QED) is 0.819. The van der Waals surface area contributed by atoms with Crippen LogP contribution >= 0.6 is 23.2 Å². The van der Waals surface area contributed by atoms with Crippen LogP contribution in [0.25, 0.3) is 0 Å². The smallest absolute Gasteiger partial charge is 0.324 e. The zero-order valence-corrected chi connectivity index (χ0v) is 14.8. The summed E-state index contributed by atoms with van der Waals surface area (Å²) < 4.78 is 31.4. The molecule has 0 spiro atoms. The zero-order valence-electron chi connectivity index (χ0n) is 12.4. The number of halogens is 2. The number of sulfonamides is 1. The Morgan fingerprint density at radius 1 is 1.12 bits per heavy atom. The van der Waals surface area contributed by atoms with E-state index in [1.165, 1.54) is 49.6 Å². The maximum Gasteiger partial charge on any atom is 0.324 e. The Morgan fingerprint density at radius 2 is 1.67 bits per heavy atom. The molecule has 0 aliphatic heterocycles. The molecule has 0 atom stereocenters. The molecule has 0 bridgehead atoms. The number of benzene rings is 2. The van der Waals surface area contributed by atoms with Gasteiger partial charge in [0.2, 0.25) is 0 Å². The number of hydrogen-bond donors (Lipinski definition) is 1. The minimum atomic E-state index is -4.13. The Morgan fingerprint density at radius 3 is 2.12 bits per heavy atom. The van der Waals surface area contributed by atoms with E-state index >= 15 is 0 Å². The molecule has 2 rings (SSSR count). The highest BCUT2D eigenvalue weighted by Crippen LogP contribution is 2.30. The van der Waals surface area contributed by atoms with Crippen LogP contribution in [0.1, 0.15) is 0 Å². The Kier molecular flexibility index (Phi) is 5.58. The lowest BCUT2D eigenvalue weighted by Crippen LogP contribution is -2.35. The fraction of sp³-hybridized carbons (Fsp3) is 0.133. The van der Waals surface area contributed by atoms with Crippen LogP contribution in [0.2, 0.25) is 10.0 Å². The predicted octanol–water partition coefficient (Wildman–Crippen LogP) is 3.28. The topological polar surface area (TPSA) is 83.9 Å². The SMILES string of the molecule is COc1ccc(S(=O)(=O)N(CC(=O)O)c2cc(Cl)cc(Cl)c2)cc1. The van der Waals surface area contributed by atoms with Gasteiger partial charge in [-0.1, -0.05) is 23.2 Å². The van der Waals surface area contributed by atoms with Gasteiger partial charge in [-0.2, -0.15) is 0 Å². The molecule has 0 aliphatic rings. The largest absolute Gasteiger partial charge is 0.497 e. The van der Waals surface area contributed by atoms with Gasteiger partial charge in [-0.25, -0.2) is 8.42 Å². The Balaban J connectivity index is 2.54. The molecule has 0 aromatic heterocycles. The van der Waals surface area contributed by atoms with Crippen LogP contribution in [0.4, 0.5) is 5.69 Å². The van der Waals surface area contributed by atoms with Crippen molar-refractivity contribution in [1.82, 2.24) is 0 Å². The summed E-state index contributed by atoms with van der Waals surface area (Å²) in [6.45, 7) is -0.773. The third kappa shape index (κ3) is 4.11. The molecule has 0 aliphatic carbocycles. The summed E-state index contributed by atoms with van der Waals surface area (Å²) >= 11 is 11.8. The average Bonchev–Trinajstić information content (AvgIpc) is 2.51. The van der Waals surface area contributed by atoms with Gasteiger partial charge in [0.25, 0.3) is 10.0 Å². The number of hydrogen-bond acceptors (Lipinski definition) is 4. The number of ether oxygens (including phenoxy) is 1. The third-order valence-corrected chi connectivity index (χ3v) is 5.29. The highest BCUT2D eigenvalue weighted by atomic mass is 35.5. The van der Waals surface area contributed by atoms with Gasteiger partial charge in [0.05, 0.1) is 17.7 Å². The number of anilines is 1. The van der Waals surface area contributed by atoms with Gasteiger partial charge in [0, 0.05) is 10.0 Å². The summed E-state index contributed by atoms with van der Waals surface area (Å²) in [6.07, 6.45) is 0. The normalized spacial score (nSPS) is 11.1. The summed E-state index contributed by atoms with van der Waals surface area (Å²) in [7, 11) is -2.68. The lowest BCUT2D eigenvalue weighted by molar-refractivity contribution is -0.135. The van der Waals surface area contributed by atoms with Crippen molar-refractivity contribution >= 4 is 44.9 Å². The number of carboxylic acids is 1. The molecule has 128 valence electrons. The lowest BCUT2D eigenvalue weighted by atomic mass is 10.3. The summed E-state index contributed by atoms with van der Waals surface area (Å²) in [4.78, 5) is 11.1. The van der Waals surface area contributed by atoms with E-state index in [-0.39, 0.29) is 20.6 Å². The first kappa shape index (κ1) is 18.4. The number of methoxy groups -OCH3 is 1. The lowest BCUT2D eigenvalue weighted by Gasteiger charge is -2.23. The van der Waals surface area contributed by atoms with E-state index in [9.17, 15) is 13.2 Å². The van der Waals surface area contributed by atoms with Crippen molar-refractivity contribution in [3.8, 4) is 5.75 Å².